The Morgan fingerprint density at radius 3 is 2.31 bits per heavy atom. The van der Waals surface area contributed by atoms with E-state index in [9.17, 15) is 9.59 Å². The van der Waals surface area contributed by atoms with Gasteiger partial charge in [-0.1, -0.05) is 32.6 Å². The van der Waals surface area contributed by atoms with Crippen LogP contribution in [0.5, 0.6) is 5.75 Å². The third-order valence-corrected chi connectivity index (χ3v) is 5.55. The van der Waals surface area contributed by atoms with Gasteiger partial charge in [-0.15, -0.1) is 0 Å². The summed E-state index contributed by atoms with van der Waals surface area (Å²) in [6.07, 6.45) is 8.13. The number of ether oxygens (including phenoxy) is 2. The van der Waals surface area contributed by atoms with Crippen LogP contribution in [0.25, 0.3) is 0 Å². The zero-order chi connectivity index (χ0) is 22.6. The van der Waals surface area contributed by atoms with Crippen LogP contribution in [-0.2, 0) is 4.74 Å². The molecule has 2 aromatic rings. The minimum Gasteiger partial charge on any atom is -0.494 e. The molecule has 0 aromatic heterocycles. The predicted octanol–water partition coefficient (Wildman–Crippen LogP) is 5.20. The first-order valence-electron chi connectivity index (χ1n) is 11.7. The molecule has 1 aliphatic heterocycles. The SMILES string of the molecule is CCCCCCCOc1ccc(C(=O)Nc2ccc(C(=O)NCC3CCCO3)cc2)cc1. The predicted molar refractivity (Wildman–Crippen MR) is 126 cm³/mol. The van der Waals surface area contributed by atoms with Crippen molar-refractivity contribution in [2.45, 2.75) is 58.0 Å². The smallest absolute Gasteiger partial charge is 0.255 e. The number of hydrogen-bond donors (Lipinski definition) is 2. The molecular formula is C26H34N2O4. The monoisotopic (exact) mass is 438 g/mol. The van der Waals surface area contributed by atoms with Crippen LogP contribution in [0.4, 0.5) is 5.69 Å². The molecule has 1 unspecified atom stereocenters. The zero-order valence-electron chi connectivity index (χ0n) is 18.9. The molecule has 0 aliphatic carbocycles. The third-order valence-electron chi connectivity index (χ3n) is 5.55. The van der Waals surface area contributed by atoms with Crippen LogP contribution in [0.2, 0.25) is 0 Å². The van der Waals surface area contributed by atoms with Crippen LogP contribution in [0, 0.1) is 0 Å². The Hall–Kier alpha value is -2.86. The Bertz CT molecular complexity index is 843. The van der Waals surface area contributed by atoms with Crippen LogP contribution in [0.3, 0.4) is 0 Å². The van der Waals surface area contributed by atoms with E-state index in [1.54, 1.807) is 36.4 Å². The minimum absolute atomic E-state index is 0.111. The van der Waals surface area contributed by atoms with Gasteiger partial charge in [0.15, 0.2) is 0 Å². The van der Waals surface area contributed by atoms with Crippen molar-refractivity contribution in [2.75, 3.05) is 25.1 Å². The van der Waals surface area contributed by atoms with Gasteiger partial charge in [0, 0.05) is 30.0 Å². The number of benzene rings is 2. The summed E-state index contributed by atoms with van der Waals surface area (Å²) in [6.45, 7) is 4.19. The number of carbonyl (C=O) groups is 2. The molecule has 0 bridgehead atoms. The molecule has 0 spiro atoms. The van der Waals surface area contributed by atoms with Crippen LogP contribution < -0.4 is 15.4 Å². The summed E-state index contributed by atoms with van der Waals surface area (Å²) < 4.78 is 11.3. The first-order chi connectivity index (χ1) is 15.7. The first-order valence-corrected chi connectivity index (χ1v) is 11.7. The molecule has 1 atom stereocenters. The van der Waals surface area contributed by atoms with Gasteiger partial charge in [-0.05, 0) is 67.8 Å². The van der Waals surface area contributed by atoms with Crippen LogP contribution >= 0.6 is 0 Å². The molecule has 172 valence electrons. The van der Waals surface area contributed by atoms with E-state index in [1.165, 1.54) is 25.7 Å². The van der Waals surface area contributed by atoms with Gasteiger partial charge >= 0.3 is 0 Å². The molecule has 6 nitrogen and oxygen atoms in total. The maximum Gasteiger partial charge on any atom is 0.255 e. The molecule has 0 saturated carbocycles. The largest absolute Gasteiger partial charge is 0.494 e. The van der Waals surface area contributed by atoms with E-state index < -0.39 is 0 Å². The van der Waals surface area contributed by atoms with Gasteiger partial charge in [-0.25, -0.2) is 0 Å². The highest BCUT2D eigenvalue weighted by molar-refractivity contribution is 6.04. The van der Waals surface area contributed by atoms with Gasteiger partial charge in [-0.3, -0.25) is 9.59 Å². The molecule has 1 saturated heterocycles. The van der Waals surface area contributed by atoms with Crippen molar-refractivity contribution in [3.63, 3.8) is 0 Å². The van der Waals surface area contributed by atoms with Crippen molar-refractivity contribution >= 4 is 17.5 Å². The fraction of sp³-hybridized carbons (Fsp3) is 0.462. The van der Waals surface area contributed by atoms with Gasteiger partial charge in [0.1, 0.15) is 5.75 Å². The lowest BCUT2D eigenvalue weighted by atomic mass is 10.1. The van der Waals surface area contributed by atoms with Crippen molar-refractivity contribution in [1.29, 1.82) is 0 Å². The lowest BCUT2D eigenvalue weighted by Crippen LogP contribution is -2.31. The minimum atomic E-state index is -0.202. The van der Waals surface area contributed by atoms with Crippen LogP contribution in [0.15, 0.2) is 48.5 Å². The van der Waals surface area contributed by atoms with E-state index in [2.05, 4.69) is 17.6 Å². The number of hydrogen-bond acceptors (Lipinski definition) is 4. The molecule has 0 radical (unpaired) electrons. The van der Waals surface area contributed by atoms with E-state index in [1.807, 2.05) is 12.1 Å². The molecule has 2 N–H and O–H groups in total. The molecule has 2 aromatic carbocycles. The van der Waals surface area contributed by atoms with E-state index in [0.29, 0.717) is 30.0 Å². The number of rotatable bonds is 12. The Labute approximate surface area is 190 Å². The van der Waals surface area contributed by atoms with Crippen molar-refractivity contribution in [1.82, 2.24) is 5.32 Å². The average molecular weight is 439 g/mol. The Kier molecular flexibility index (Phi) is 9.57. The number of carbonyl (C=O) groups excluding carboxylic acids is 2. The second kappa shape index (κ2) is 12.9. The summed E-state index contributed by atoms with van der Waals surface area (Å²) in [4.78, 5) is 24.8. The van der Waals surface area contributed by atoms with Gasteiger partial charge in [0.05, 0.1) is 12.7 Å². The van der Waals surface area contributed by atoms with Gasteiger partial charge in [-0.2, -0.15) is 0 Å². The lowest BCUT2D eigenvalue weighted by molar-refractivity contribution is 0.0857. The maximum atomic E-state index is 12.5. The van der Waals surface area contributed by atoms with Crippen molar-refractivity contribution in [2.24, 2.45) is 0 Å². The Morgan fingerprint density at radius 2 is 1.62 bits per heavy atom. The molecule has 1 heterocycles. The third kappa shape index (κ3) is 7.68. The average Bonchev–Trinajstić information content (AvgIpc) is 3.34. The van der Waals surface area contributed by atoms with Crippen molar-refractivity contribution in [3.8, 4) is 5.75 Å². The van der Waals surface area contributed by atoms with E-state index in [-0.39, 0.29) is 17.9 Å². The van der Waals surface area contributed by atoms with Crippen LogP contribution in [0.1, 0.15) is 72.6 Å². The second-order valence-electron chi connectivity index (χ2n) is 8.16. The number of amides is 2. The zero-order valence-corrected chi connectivity index (χ0v) is 18.9. The standard InChI is InChI=1S/C26H34N2O4/c1-2-3-4-5-6-17-31-23-15-11-21(12-16-23)26(30)28-22-13-9-20(10-14-22)25(29)27-19-24-8-7-18-32-24/h9-16,24H,2-8,17-19H2,1H3,(H,27,29)(H,28,30). The summed E-state index contributed by atoms with van der Waals surface area (Å²) in [7, 11) is 0. The summed E-state index contributed by atoms with van der Waals surface area (Å²) >= 11 is 0. The molecule has 32 heavy (non-hydrogen) atoms. The summed E-state index contributed by atoms with van der Waals surface area (Å²) in [5.74, 6) is 0.432. The summed E-state index contributed by atoms with van der Waals surface area (Å²) in [6, 6.07) is 14.0. The van der Waals surface area contributed by atoms with Gasteiger partial charge < -0.3 is 20.1 Å². The lowest BCUT2D eigenvalue weighted by Gasteiger charge is -2.11. The van der Waals surface area contributed by atoms with E-state index in [4.69, 9.17) is 9.47 Å². The summed E-state index contributed by atoms with van der Waals surface area (Å²) in [5, 5.41) is 5.76. The van der Waals surface area contributed by atoms with Crippen molar-refractivity contribution < 1.29 is 19.1 Å². The number of nitrogens with one attached hydrogen (secondary N) is 2. The maximum absolute atomic E-state index is 12.5. The second-order valence-corrected chi connectivity index (χ2v) is 8.16. The molecule has 2 amide bonds. The van der Waals surface area contributed by atoms with Crippen LogP contribution in [-0.4, -0.2) is 37.7 Å². The molecule has 1 fully saturated rings. The fourth-order valence-corrected chi connectivity index (χ4v) is 3.62. The van der Waals surface area contributed by atoms with Gasteiger partial charge in [0.2, 0.25) is 0 Å². The Morgan fingerprint density at radius 1 is 0.938 bits per heavy atom. The highest BCUT2D eigenvalue weighted by Gasteiger charge is 2.16. The topological polar surface area (TPSA) is 76.7 Å². The first kappa shape index (κ1) is 23.8. The van der Waals surface area contributed by atoms with E-state index in [0.717, 1.165) is 31.6 Å². The number of unbranched alkanes of at least 4 members (excludes halogenated alkanes) is 4. The fourth-order valence-electron chi connectivity index (χ4n) is 3.62. The quantitative estimate of drug-likeness (QED) is 0.447. The normalized spacial score (nSPS) is 15.3. The number of anilines is 1. The highest BCUT2D eigenvalue weighted by Crippen LogP contribution is 2.16. The molecule has 3 rings (SSSR count). The summed E-state index contributed by atoms with van der Waals surface area (Å²) in [5.41, 5.74) is 1.74. The molecule has 1 aliphatic rings. The van der Waals surface area contributed by atoms with Gasteiger partial charge in [0.25, 0.3) is 11.8 Å². The molecule has 6 heteroatoms. The van der Waals surface area contributed by atoms with Crippen molar-refractivity contribution in [3.05, 3.63) is 59.7 Å². The Balaban J connectivity index is 1.42. The van der Waals surface area contributed by atoms with E-state index >= 15 is 0 Å². The highest BCUT2D eigenvalue weighted by atomic mass is 16.5. The molecular weight excluding hydrogens is 404 g/mol.